The Bertz CT molecular complexity index is 1380. The van der Waals surface area contributed by atoms with E-state index < -0.39 is 23.7 Å². The zero-order valence-electron chi connectivity index (χ0n) is 20.9. The zero-order valence-corrected chi connectivity index (χ0v) is 20.9. The third-order valence-corrected chi connectivity index (χ3v) is 5.71. The fourth-order valence-electron chi connectivity index (χ4n) is 4.21. The van der Waals surface area contributed by atoms with Gasteiger partial charge in [0.1, 0.15) is 23.0 Å². The first-order chi connectivity index (χ1) is 17.7. The number of carbonyl (C=O) groups is 3. The lowest BCUT2D eigenvalue weighted by Crippen LogP contribution is -2.29. The van der Waals surface area contributed by atoms with E-state index in [4.69, 9.17) is 14.2 Å². The second kappa shape index (κ2) is 10.6. The standard InChI is InChI=1S/C29H27NO7/c1-17(2)36-22-13-11-19(12-14-22)27(32)25-26(20-7-5-10-24(15-20)37-18(3)31)30(29(34)28(25)33)21-8-6-9-23(16-21)35-4/h5-17,26,32H,1-4H3/b27-25+. The molecular weight excluding hydrogens is 474 g/mol. The van der Waals surface area contributed by atoms with E-state index >= 15 is 0 Å². The third-order valence-electron chi connectivity index (χ3n) is 5.71. The molecule has 1 atom stereocenters. The largest absolute Gasteiger partial charge is 0.507 e. The number of esters is 1. The molecule has 1 heterocycles. The molecule has 0 bridgehead atoms. The van der Waals surface area contributed by atoms with Crippen LogP contribution in [0.15, 0.2) is 78.4 Å². The Balaban J connectivity index is 1.88. The number of amides is 1. The summed E-state index contributed by atoms with van der Waals surface area (Å²) in [4.78, 5) is 39.6. The van der Waals surface area contributed by atoms with Crippen LogP contribution in [0.5, 0.6) is 17.2 Å². The molecule has 8 heteroatoms. The van der Waals surface area contributed by atoms with Crippen molar-refractivity contribution in [1.29, 1.82) is 0 Å². The number of ketones is 1. The van der Waals surface area contributed by atoms with Gasteiger partial charge in [-0.2, -0.15) is 0 Å². The number of hydrogen-bond donors (Lipinski definition) is 1. The van der Waals surface area contributed by atoms with Crippen molar-refractivity contribution in [3.63, 3.8) is 0 Å². The SMILES string of the molecule is COc1cccc(N2C(=O)C(=O)/C(=C(/O)c3ccc(OC(C)C)cc3)C2c2cccc(OC(C)=O)c2)c1. The molecule has 37 heavy (non-hydrogen) atoms. The number of hydrogen-bond acceptors (Lipinski definition) is 7. The number of Topliss-reactive ketones (excluding diaryl/α,β-unsaturated/α-hetero) is 1. The molecule has 0 radical (unpaired) electrons. The number of rotatable bonds is 7. The number of benzene rings is 3. The Hall–Kier alpha value is -4.59. The van der Waals surface area contributed by atoms with Crippen molar-refractivity contribution >= 4 is 29.1 Å². The first-order valence-electron chi connectivity index (χ1n) is 11.7. The summed E-state index contributed by atoms with van der Waals surface area (Å²) in [5.41, 5.74) is 1.14. The van der Waals surface area contributed by atoms with Crippen LogP contribution in [0.2, 0.25) is 0 Å². The van der Waals surface area contributed by atoms with Crippen LogP contribution in [0.4, 0.5) is 5.69 Å². The summed E-state index contributed by atoms with van der Waals surface area (Å²) in [7, 11) is 1.50. The van der Waals surface area contributed by atoms with E-state index in [9.17, 15) is 19.5 Å². The van der Waals surface area contributed by atoms with Gasteiger partial charge in [0.05, 0.1) is 24.8 Å². The molecule has 0 saturated carbocycles. The summed E-state index contributed by atoms with van der Waals surface area (Å²) in [6.07, 6.45) is -0.0304. The summed E-state index contributed by atoms with van der Waals surface area (Å²) < 4.78 is 16.2. The Morgan fingerprint density at radius 3 is 2.24 bits per heavy atom. The van der Waals surface area contributed by atoms with Crippen LogP contribution in [-0.2, 0) is 14.4 Å². The van der Waals surface area contributed by atoms with Crippen molar-refractivity contribution in [1.82, 2.24) is 0 Å². The topological polar surface area (TPSA) is 102 Å². The van der Waals surface area contributed by atoms with Crippen molar-refractivity contribution in [3.05, 3.63) is 89.5 Å². The predicted molar refractivity (Wildman–Crippen MR) is 138 cm³/mol. The molecule has 1 N–H and O–H groups in total. The van der Waals surface area contributed by atoms with Gasteiger partial charge in [0.2, 0.25) is 0 Å². The lowest BCUT2D eigenvalue weighted by Gasteiger charge is -2.26. The molecule has 3 aromatic carbocycles. The van der Waals surface area contributed by atoms with Crippen molar-refractivity contribution in [3.8, 4) is 17.2 Å². The Morgan fingerprint density at radius 2 is 1.59 bits per heavy atom. The molecule has 0 aliphatic carbocycles. The highest BCUT2D eigenvalue weighted by Gasteiger charge is 2.47. The highest BCUT2D eigenvalue weighted by atomic mass is 16.5. The van der Waals surface area contributed by atoms with Gasteiger partial charge in [-0.05, 0) is 67.9 Å². The maximum Gasteiger partial charge on any atom is 0.308 e. The van der Waals surface area contributed by atoms with Gasteiger partial charge in [0.25, 0.3) is 11.7 Å². The summed E-state index contributed by atoms with van der Waals surface area (Å²) in [6, 6.07) is 18.9. The lowest BCUT2D eigenvalue weighted by molar-refractivity contribution is -0.132. The van der Waals surface area contributed by atoms with Crippen LogP contribution in [0.3, 0.4) is 0 Å². The minimum absolute atomic E-state index is 0.0304. The van der Waals surface area contributed by atoms with Crippen molar-refractivity contribution < 1.29 is 33.7 Å². The van der Waals surface area contributed by atoms with Gasteiger partial charge >= 0.3 is 5.97 Å². The minimum atomic E-state index is -0.991. The van der Waals surface area contributed by atoms with Crippen LogP contribution in [0.25, 0.3) is 5.76 Å². The monoisotopic (exact) mass is 501 g/mol. The van der Waals surface area contributed by atoms with E-state index in [1.165, 1.54) is 18.9 Å². The fraction of sp³-hybridized carbons (Fsp3) is 0.207. The van der Waals surface area contributed by atoms with E-state index in [2.05, 4.69) is 0 Å². The summed E-state index contributed by atoms with van der Waals surface area (Å²) in [6.45, 7) is 5.08. The van der Waals surface area contributed by atoms with Gasteiger partial charge < -0.3 is 19.3 Å². The van der Waals surface area contributed by atoms with Crippen molar-refractivity contribution in [2.45, 2.75) is 32.9 Å². The van der Waals surface area contributed by atoms with Crippen LogP contribution in [0, 0.1) is 0 Å². The predicted octanol–water partition coefficient (Wildman–Crippen LogP) is 5.03. The van der Waals surface area contributed by atoms with Gasteiger partial charge in [-0.1, -0.05) is 18.2 Å². The van der Waals surface area contributed by atoms with Crippen LogP contribution in [0.1, 0.15) is 37.9 Å². The molecule has 1 saturated heterocycles. The molecule has 0 spiro atoms. The highest BCUT2D eigenvalue weighted by Crippen LogP contribution is 2.43. The first kappa shape index (κ1) is 25.5. The molecule has 0 aromatic heterocycles. The van der Waals surface area contributed by atoms with Crippen molar-refractivity contribution in [2.24, 2.45) is 0 Å². The van der Waals surface area contributed by atoms with Gasteiger partial charge in [-0.3, -0.25) is 19.3 Å². The van der Waals surface area contributed by atoms with E-state index in [-0.39, 0.29) is 23.2 Å². The average Bonchev–Trinajstić information content (AvgIpc) is 3.14. The van der Waals surface area contributed by atoms with Crippen LogP contribution in [-0.4, -0.2) is 36.0 Å². The maximum absolute atomic E-state index is 13.4. The summed E-state index contributed by atoms with van der Waals surface area (Å²) in [5.74, 6) is -1.15. The number of aliphatic hydroxyl groups is 1. The molecule has 8 nitrogen and oxygen atoms in total. The third kappa shape index (κ3) is 5.33. The molecule has 1 fully saturated rings. The number of nitrogens with zero attached hydrogens (tertiary/aromatic N) is 1. The molecule has 1 aliphatic heterocycles. The van der Waals surface area contributed by atoms with E-state index in [0.717, 1.165) is 0 Å². The van der Waals surface area contributed by atoms with Gasteiger partial charge in [0.15, 0.2) is 0 Å². The molecule has 1 unspecified atom stereocenters. The van der Waals surface area contributed by atoms with Gasteiger partial charge in [0, 0.05) is 24.2 Å². The maximum atomic E-state index is 13.4. The van der Waals surface area contributed by atoms with Crippen LogP contribution >= 0.6 is 0 Å². The quantitative estimate of drug-likeness (QED) is 0.159. The first-order valence-corrected chi connectivity index (χ1v) is 11.7. The molecule has 4 rings (SSSR count). The Morgan fingerprint density at radius 1 is 0.919 bits per heavy atom. The summed E-state index contributed by atoms with van der Waals surface area (Å²) >= 11 is 0. The minimum Gasteiger partial charge on any atom is -0.507 e. The molecular formula is C29H27NO7. The Labute approximate surface area is 214 Å². The fourth-order valence-corrected chi connectivity index (χ4v) is 4.21. The highest BCUT2D eigenvalue weighted by molar-refractivity contribution is 6.51. The average molecular weight is 502 g/mol. The van der Waals surface area contributed by atoms with E-state index in [1.807, 2.05) is 13.8 Å². The smallest absolute Gasteiger partial charge is 0.308 e. The summed E-state index contributed by atoms with van der Waals surface area (Å²) in [5, 5.41) is 11.3. The lowest BCUT2D eigenvalue weighted by atomic mass is 9.95. The second-order valence-electron chi connectivity index (χ2n) is 8.73. The van der Waals surface area contributed by atoms with E-state index in [0.29, 0.717) is 28.3 Å². The van der Waals surface area contributed by atoms with Crippen molar-refractivity contribution in [2.75, 3.05) is 12.0 Å². The number of aliphatic hydroxyl groups excluding tert-OH is 1. The number of methoxy groups -OCH3 is 1. The second-order valence-corrected chi connectivity index (χ2v) is 8.73. The van der Waals surface area contributed by atoms with Gasteiger partial charge in [-0.25, -0.2) is 0 Å². The molecule has 1 aliphatic rings. The number of anilines is 1. The number of carbonyl (C=O) groups excluding carboxylic acids is 3. The van der Waals surface area contributed by atoms with Crippen LogP contribution < -0.4 is 19.1 Å². The van der Waals surface area contributed by atoms with E-state index in [1.54, 1.807) is 72.8 Å². The molecule has 3 aromatic rings. The Kier molecular flexibility index (Phi) is 7.29. The zero-order chi connectivity index (χ0) is 26.7. The normalized spacial score (nSPS) is 16.7. The number of ether oxygens (including phenoxy) is 3. The molecule has 190 valence electrons. The molecule has 1 amide bonds. The van der Waals surface area contributed by atoms with Gasteiger partial charge in [-0.15, -0.1) is 0 Å².